The van der Waals surface area contributed by atoms with E-state index in [1.807, 2.05) is 0 Å². The maximum absolute atomic E-state index is 3.57. The van der Waals surface area contributed by atoms with Crippen molar-refractivity contribution in [2.45, 2.75) is 64.7 Å². The highest BCUT2D eigenvalue weighted by Gasteiger charge is 2.29. The Labute approximate surface area is 113 Å². The summed E-state index contributed by atoms with van der Waals surface area (Å²) in [6, 6.07) is 0.726. The van der Waals surface area contributed by atoms with Gasteiger partial charge in [0.1, 0.15) is 0 Å². The molecular weight excluding hydrogens is 226 g/mol. The molecule has 1 rings (SSSR count). The molecule has 5 atom stereocenters. The molecule has 0 aromatic carbocycles. The van der Waals surface area contributed by atoms with Gasteiger partial charge in [-0.15, -0.1) is 0 Å². The van der Waals surface area contributed by atoms with E-state index in [0.717, 1.165) is 29.0 Å². The highest BCUT2D eigenvalue weighted by Crippen LogP contribution is 2.36. The quantitative estimate of drug-likeness (QED) is 0.766. The second-order valence-corrected chi connectivity index (χ2v) is 7.45. The zero-order chi connectivity index (χ0) is 12.8. The van der Waals surface area contributed by atoms with Crippen LogP contribution in [0.4, 0.5) is 0 Å². The van der Waals surface area contributed by atoms with Crippen molar-refractivity contribution >= 4 is 11.8 Å². The predicted octanol–water partition coefficient (Wildman–Crippen LogP) is 4.18. The van der Waals surface area contributed by atoms with Crippen LogP contribution in [0.3, 0.4) is 0 Å². The van der Waals surface area contributed by atoms with E-state index in [2.05, 4.69) is 51.8 Å². The third kappa shape index (κ3) is 4.82. The second-order valence-electron chi connectivity index (χ2n) is 5.98. The maximum Gasteiger partial charge on any atom is 0.0183 e. The number of hydrogen-bond donors (Lipinski definition) is 1. The van der Waals surface area contributed by atoms with Crippen LogP contribution in [-0.4, -0.2) is 24.1 Å². The summed E-state index contributed by atoms with van der Waals surface area (Å²) < 4.78 is 0. The molecule has 0 radical (unpaired) electrons. The Hall–Kier alpha value is 0.310. The van der Waals surface area contributed by atoms with Gasteiger partial charge in [0.2, 0.25) is 0 Å². The van der Waals surface area contributed by atoms with Gasteiger partial charge in [0.05, 0.1) is 0 Å². The summed E-state index contributed by atoms with van der Waals surface area (Å²) in [6.45, 7) is 9.49. The van der Waals surface area contributed by atoms with E-state index >= 15 is 0 Å². The predicted molar refractivity (Wildman–Crippen MR) is 80.7 cm³/mol. The first-order valence-corrected chi connectivity index (χ1v) is 8.42. The van der Waals surface area contributed by atoms with Crippen LogP contribution >= 0.6 is 11.8 Å². The van der Waals surface area contributed by atoms with Gasteiger partial charge < -0.3 is 5.32 Å². The Balaban J connectivity index is 2.39. The molecule has 1 nitrogen and oxygen atoms in total. The van der Waals surface area contributed by atoms with Crippen molar-refractivity contribution in [1.82, 2.24) is 5.32 Å². The van der Waals surface area contributed by atoms with Crippen molar-refractivity contribution in [3.05, 3.63) is 0 Å². The van der Waals surface area contributed by atoms with E-state index in [4.69, 9.17) is 0 Å². The molecule has 0 spiro atoms. The second kappa shape index (κ2) is 7.68. The molecular formula is C15H31NS. The Morgan fingerprint density at radius 3 is 2.47 bits per heavy atom. The van der Waals surface area contributed by atoms with Crippen molar-refractivity contribution in [3.8, 4) is 0 Å². The zero-order valence-corrected chi connectivity index (χ0v) is 13.1. The molecule has 1 N–H and O–H groups in total. The Bertz CT molecular complexity index is 207. The molecule has 1 aliphatic carbocycles. The summed E-state index contributed by atoms with van der Waals surface area (Å²) in [5.41, 5.74) is 0. The number of nitrogens with one attached hydrogen (secondary N) is 1. The van der Waals surface area contributed by atoms with E-state index in [0.29, 0.717) is 0 Å². The molecule has 1 saturated carbocycles. The van der Waals surface area contributed by atoms with E-state index in [1.54, 1.807) is 0 Å². The third-order valence-electron chi connectivity index (χ3n) is 4.71. The van der Waals surface area contributed by atoms with Gasteiger partial charge in [-0.1, -0.05) is 34.1 Å². The maximum atomic E-state index is 3.57. The van der Waals surface area contributed by atoms with Crippen LogP contribution in [0.5, 0.6) is 0 Å². The zero-order valence-electron chi connectivity index (χ0n) is 12.3. The molecule has 5 unspecified atom stereocenters. The van der Waals surface area contributed by atoms with Crippen LogP contribution in [-0.2, 0) is 0 Å². The molecule has 0 amide bonds. The molecule has 17 heavy (non-hydrogen) atoms. The summed E-state index contributed by atoms with van der Waals surface area (Å²) >= 11 is 2.14. The van der Waals surface area contributed by atoms with Gasteiger partial charge >= 0.3 is 0 Å². The van der Waals surface area contributed by atoms with Crippen molar-refractivity contribution in [2.75, 3.05) is 12.8 Å². The number of hydrogen-bond acceptors (Lipinski definition) is 2. The molecule has 2 heteroatoms. The Morgan fingerprint density at radius 2 is 1.94 bits per heavy atom. The lowest BCUT2D eigenvalue weighted by Crippen LogP contribution is -2.39. The fourth-order valence-corrected chi connectivity index (χ4v) is 4.01. The van der Waals surface area contributed by atoms with Gasteiger partial charge in [-0.3, -0.25) is 0 Å². The van der Waals surface area contributed by atoms with Gasteiger partial charge in [0.15, 0.2) is 0 Å². The lowest BCUT2D eigenvalue weighted by molar-refractivity contribution is 0.181. The molecule has 0 saturated heterocycles. The van der Waals surface area contributed by atoms with Gasteiger partial charge in [-0.25, -0.2) is 0 Å². The van der Waals surface area contributed by atoms with Gasteiger partial charge in [0, 0.05) is 17.0 Å². The van der Waals surface area contributed by atoms with E-state index in [-0.39, 0.29) is 0 Å². The minimum Gasteiger partial charge on any atom is -0.316 e. The molecule has 1 aliphatic rings. The fourth-order valence-electron chi connectivity index (χ4n) is 2.80. The average molecular weight is 257 g/mol. The van der Waals surface area contributed by atoms with Crippen molar-refractivity contribution in [2.24, 2.45) is 17.8 Å². The van der Waals surface area contributed by atoms with Crippen LogP contribution in [0.25, 0.3) is 0 Å². The smallest absolute Gasteiger partial charge is 0.0183 e. The number of thioether (sulfide) groups is 1. The Morgan fingerprint density at radius 1 is 1.24 bits per heavy atom. The first kappa shape index (κ1) is 15.4. The number of rotatable bonds is 6. The highest BCUT2D eigenvalue weighted by molar-refractivity contribution is 7.99. The van der Waals surface area contributed by atoms with Crippen LogP contribution in [0, 0.1) is 17.8 Å². The van der Waals surface area contributed by atoms with E-state index in [1.165, 1.54) is 31.4 Å². The van der Waals surface area contributed by atoms with Crippen molar-refractivity contribution in [3.63, 3.8) is 0 Å². The van der Waals surface area contributed by atoms with Gasteiger partial charge in [-0.2, -0.15) is 11.8 Å². The molecule has 0 aliphatic heterocycles. The first-order chi connectivity index (χ1) is 8.08. The van der Waals surface area contributed by atoms with Gasteiger partial charge in [0.25, 0.3) is 0 Å². The van der Waals surface area contributed by atoms with E-state index < -0.39 is 0 Å². The standard InChI is InChI=1S/C15H31NS/c1-6-13(4)17-10-15(16-5)14-8-7-11(2)12(3)9-14/h11-16H,6-10H2,1-5H3. The van der Waals surface area contributed by atoms with Crippen molar-refractivity contribution < 1.29 is 0 Å². The lowest BCUT2D eigenvalue weighted by atomic mass is 9.73. The third-order valence-corrected chi connectivity index (χ3v) is 6.17. The molecule has 102 valence electrons. The van der Waals surface area contributed by atoms with Crippen LogP contribution in [0.2, 0.25) is 0 Å². The summed E-state index contributed by atoms with van der Waals surface area (Å²) in [4.78, 5) is 0. The molecule has 0 bridgehead atoms. The minimum absolute atomic E-state index is 0.726. The average Bonchev–Trinajstić information content (AvgIpc) is 2.33. The molecule has 1 fully saturated rings. The molecule has 0 aromatic heterocycles. The highest BCUT2D eigenvalue weighted by atomic mass is 32.2. The summed E-state index contributed by atoms with van der Waals surface area (Å²) in [6.07, 6.45) is 5.57. The van der Waals surface area contributed by atoms with Crippen LogP contribution in [0.15, 0.2) is 0 Å². The normalized spacial score (nSPS) is 33.4. The topological polar surface area (TPSA) is 12.0 Å². The fraction of sp³-hybridized carbons (Fsp3) is 1.00. The minimum atomic E-state index is 0.726. The van der Waals surface area contributed by atoms with Crippen LogP contribution < -0.4 is 5.32 Å². The van der Waals surface area contributed by atoms with Gasteiger partial charge in [-0.05, 0) is 44.1 Å². The largest absolute Gasteiger partial charge is 0.316 e. The summed E-state index contributed by atoms with van der Waals surface area (Å²) in [7, 11) is 2.14. The summed E-state index contributed by atoms with van der Waals surface area (Å²) in [5, 5.41) is 4.38. The Kier molecular flexibility index (Phi) is 6.94. The molecule has 0 heterocycles. The lowest BCUT2D eigenvalue weighted by Gasteiger charge is -2.36. The van der Waals surface area contributed by atoms with E-state index in [9.17, 15) is 0 Å². The monoisotopic (exact) mass is 257 g/mol. The van der Waals surface area contributed by atoms with Crippen LogP contribution in [0.1, 0.15) is 53.4 Å². The summed E-state index contributed by atoms with van der Waals surface area (Å²) in [5.74, 6) is 4.05. The molecule has 0 aromatic rings. The SMILES string of the molecule is CCC(C)SCC(NC)C1CCC(C)C(C)C1. The van der Waals surface area contributed by atoms with Crippen molar-refractivity contribution in [1.29, 1.82) is 0 Å². The first-order valence-electron chi connectivity index (χ1n) is 7.37.